The highest BCUT2D eigenvalue weighted by atomic mass is 16.6. The molecule has 1 N–H and O–H groups in total. The number of nitrogens with zero attached hydrogens (tertiary/aromatic N) is 6. The Labute approximate surface area is 237 Å². The van der Waals surface area contributed by atoms with Crippen LogP contribution in [0, 0.1) is 19.8 Å². The Morgan fingerprint density at radius 3 is 2.76 bits per heavy atom. The molecule has 3 aromatic rings. The number of epoxide rings is 1. The molecule has 1 saturated heterocycles. The van der Waals surface area contributed by atoms with Crippen LogP contribution in [0.5, 0.6) is 0 Å². The van der Waals surface area contributed by atoms with Crippen molar-refractivity contribution in [1.82, 2.24) is 18.9 Å². The summed E-state index contributed by atoms with van der Waals surface area (Å²) < 4.78 is 9.88. The van der Waals surface area contributed by atoms with E-state index in [1.165, 1.54) is 25.2 Å². The van der Waals surface area contributed by atoms with Gasteiger partial charge in [-0.15, -0.1) is 0 Å². The molecule has 216 valence electrons. The number of para-hydroxylation sites is 1. The van der Waals surface area contributed by atoms with Gasteiger partial charge < -0.3 is 19.6 Å². The predicted molar refractivity (Wildman–Crippen MR) is 153 cm³/mol. The van der Waals surface area contributed by atoms with E-state index in [2.05, 4.69) is 30.0 Å². The summed E-state index contributed by atoms with van der Waals surface area (Å²) in [6, 6.07) is 10.4. The minimum atomic E-state index is -0.926. The number of anilines is 1. The number of hydrogen-bond donors (Lipinski definition) is 1. The molecule has 4 aliphatic rings. The number of hydrogen-bond acceptors (Lipinski definition) is 8. The number of aryl methyl sites for hydroxylation is 3. The molecule has 1 aliphatic carbocycles. The summed E-state index contributed by atoms with van der Waals surface area (Å²) in [7, 11) is 0. The van der Waals surface area contributed by atoms with Crippen molar-refractivity contribution in [3.8, 4) is 5.69 Å². The summed E-state index contributed by atoms with van der Waals surface area (Å²) in [5.41, 5.74) is 4.90. The van der Waals surface area contributed by atoms with Crippen LogP contribution in [0.4, 0.5) is 5.69 Å². The summed E-state index contributed by atoms with van der Waals surface area (Å²) in [4.78, 5) is 40.2. The third-order valence-corrected chi connectivity index (χ3v) is 9.07. The van der Waals surface area contributed by atoms with Gasteiger partial charge in [-0.2, -0.15) is 0 Å². The van der Waals surface area contributed by atoms with Gasteiger partial charge in [-0.05, 0) is 70.2 Å². The van der Waals surface area contributed by atoms with Crippen LogP contribution >= 0.6 is 0 Å². The quantitative estimate of drug-likeness (QED) is 0.375. The Hall–Kier alpha value is -3.70. The fraction of sp³-hybridized carbons (Fsp3) is 0.533. The van der Waals surface area contributed by atoms with Gasteiger partial charge in [0.2, 0.25) is 0 Å². The lowest BCUT2D eigenvalue weighted by molar-refractivity contribution is 0.0300. The second kappa shape index (κ2) is 9.99. The van der Waals surface area contributed by atoms with Crippen LogP contribution in [-0.2, 0) is 22.5 Å². The predicted octanol–water partition coefficient (Wildman–Crippen LogP) is 2.12. The maximum absolute atomic E-state index is 13.6. The first-order valence-corrected chi connectivity index (χ1v) is 14.6. The number of aliphatic hydroxyl groups is 1. The Kier molecular flexibility index (Phi) is 6.39. The Bertz CT molecular complexity index is 1620. The van der Waals surface area contributed by atoms with E-state index in [-0.39, 0.29) is 18.1 Å². The molecule has 0 radical (unpaired) electrons. The zero-order valence-corrected chi connectivity index (χ0v) is 23.6. The molecular formula is C30H36N6O5. The van der Waals surface area contributed by atoms with Gasteiger partial charge in [0.05, 0.1) is 35.4 Å². The first-order chi connectivity index (χ1) is 19.8. The van der Waals surface area contributed by atoms with Crippen LogP contribution < -0.4 is 16.3 Å². The number of aromatic nitrogens is 4. The maximum atomic E-state index is 13.6. The maximum Gasteiger partial charge on any atom is 0.352 e. The van der Waals surface area contributed by atoms with Gasteiger partial charge in [0.1, 0.15) is 24.4 Å². The number of oxime groups is 1. The lowest BCUT2D eigenvalue weighted by atomic mass is 9.78. The van der Waals surface area contributed by atoms with Crippen LogP contribution in [-0.4, -0.2) is 67.2 Å². The summed E-state index contributed by atoms with van der Waals surface area (Å²) >= 11 is 0. The molecule has 2 aromatic heterocycles. The van der Waals surface area contributed by atoms with Gasteiger partial charge in [-0.1, -0.05) is 23.4 Å². The zero-order chi connectivity index (χ0) is 28.4. The van der Waals surface area contributed by atoms with Gasteiger partial charge in [0.15, 0.2) is 0 Å². The molecular weight excluding hydrogens is 524 g/mol. The molecule has 1 saturated carbocycles. The van der Waals surface area contributed by atoms with Gasteiger partial charge in [0, 0.05) is 24.7 Å². The highest BCUT2D eigenvalue weighted by molar-refractivity contribution is 5.94. The van der Waals surface area contributed by atoms with E-state index in [9.17, 15) is 14.7 Å². The molecule has 11 heteroatoms. The van der Waals surface area contributed by atoms with Crippen molar-refractivity contribution in [2.24, 2.45) is 11.1 Å². The molecule has 7 rings (SSSR count). The molecule has 0 amide bonds. The third kappa shape index (κ3) is 4.33. The van der Waals surface area contributed by atoms with Crippen molar-refractivity contribution in [2.75, 3.05) is 18.0 Å². The SMILES string of the molecule is Cc1cc2c(nc1C)CCCCN2C[C@H](C)O/N=C1/[C@H]2CCn3c(=O)n(-c4ccccc4)c(=O)n3[C@H]2[C@H](O)[C@@H]2O[C@H]12. The Balaban J connectivity index is 1.15. The standard InChI is InChI=1S/C30H36N6O5/c1-17-15-23-22(31-19(17)3)11-7-8-13-33(23)16-18(2)41-32-24-21-12-14-34-29(38)35(20-9-5-4-6-10-20)30(39)36(34)25(21)26(37)28-27(24)40-28/h4-6,9-10,15,18,21,25-28,37H,7-8,11-14,16H2,1-3H3/b32-24-/t18-,21+,25+,26-,27+,28-/m0/s1. The monoisotopic (exact) mass is 560 g/mol. The third-order valence-electron chi connectivity index (χ3n) is 9.07. The zero-order valence-electron chi connectivity index (χ0n) is 23.6. The van der Waals surface area contributed by atoms with E-state index in [0.717, 1.165) is 37.2 Å². The number of rotatable bonds is 5. The van der Waals surface area contributed by atoms with Crippen molar-refractivity contribution in [1.29, 1.82) is 0 Å². The number of aliphatic hydroxyl groups excluding tert-OH is 1. The highest BCUT2D eigenvalue weighted by Crippen LogP contribution is 2.46. The van der Waals surface area contributed by atoms with E-state index in [4.69, 9.17) is 14.6 Å². The number of ether oxygens (including phenoxy) is 1. The summed E-state index contributed by atoms with van der Waals surface area (Å²) in [6.45, 7) is 8.10. The molecule has 5 heterocycles. The van der Waals surface area contributed by atoms with Crippen molar-refractivity contribution in [2.45, 2.75) is 83.5 Å². The average molecular weight is 561 g/mol. The van der Waals surface area contributed by atoms with Crippen LogP contribution in [0.1, 0.15) is 49.2 Å². The average Bonchev–Trinajstić information content (AvgIpc) is 3.75. The fourth-order valence-corrected chi connectivity index (χ4v) is 6.84. The minimum Gasteiger partial charge on any atom is -0.391 e. The molecule has 0 unspecified atom stereocenters. The summed E-state index contributed by atoms with van der Waals surface area (Å²) in [6.07, 6.45) is 1.78. The second-order valence-corrected chi connectivity index (χ2v) is 11.8. The lowest BCUT2D eigenvalue weighted by Gasteiger charge is -2.38. The first-order valence-electron chi connectivity index (χ1n) is 14.6. The number of benzene rings is 1. The van der Waals surface area contributed by atoms with E-state index in [1.54, 1.807) is 24.3 Å². The van der Waals surface area contributed by atoms with E-state index in [0.29, 0.717) is 30.9 Å². The van der Waals surface area contributed by atoms with Crippen LogP contribution in [0.15, 0.2) is 51.1 Å². The Morgan fingerprint density at radius 2 is 1.95 bits per heavy atom. The molecule has 3 aliphatic heterocycles. The summed E-state index contributed by atoms with van der Waals surface area (Å²) in [5.74, 6) is -0.279. The molecule has 0 spiro atoms. The molecule has 0 bridgehead atoms. The van der Waals surface area contributed by atoms with Crippen molar-refractivity contribution in [3.05, 3.63) is 74.3 Å². The van der Waals surface area contributed by atoms with Crippen molar-refractivity contribution >= 4 is 11.4 Å². The van der Waals surface area contributed by atoms with Gasteiger partial charge in [0.25, 0.3) is 0 Å². The molecule has 11 nitrogen and oxygen atoms in total. The molecule has 2 fully saturated rings. The lowest BCUT2D eigenvalue weighted by Crippen LogP contribution is -2.53. The molecule has 6 atom stereocenters. The minimum absolute atomic E-state index is 0.207. The second-order valence-electron chi connectivity index (χ2n) is 11.8. The summed E-state index contributed by atoms with van der Waals surface area (Å²) in [5, 5.41) is 15.8. The van der Waals surface area contributed by atoms with E-state index < -0.39 is 29.6 Å². The van der Waals surface area contributed by atoms with Crippen molar-refractivity contribution in [3.63, 3.8) is 0 Å². The molecule has 41 heavy (non-hydrogen) atoms. The van der Waals surface area contributed by atoms with E-state index >= 15 is 0 Å². The van der Waals surface area contributed by atoms with Gasteiger partial charge in [-0.25, -0.2) is 23.5 Å². The number of pyridine rings is 1. The fourth-order valence-electron chi connectivity index (χ4n) is 6.84. The normalized spacial score (nSPS) is 28.2. The topological polar surface area (TPSA) is 119 Å². The first kappa shape index (κ1) is 26.2. The van der Waals surface area contributed by atoms with Crippen LogP contribution in [0.25, 0.3) is 5.69 Å². The smallest absolute Gasteiger partial charge is 0.352 e. The highest BCUT2D eigenvalue weighted by Gasteiger charge is 2.61. The number of fused-ring (bicyclic) bond motifs is 5. The van der Waals surface area contributed by atoms with E-state index in [1.807, 2.05) is 13.0 Å². The van der Waals surface area contributed by atoms with Gasteiger partial charge in [-0.3, -0.25) is 4.98 Å². The van der Waals surface area contributed by atoms with Crippen LogP contribution in [0.2, 0.25) is 0 Å². The van der Waals surface area contributed by atoms with Gasteiger partial charge >= 0.3 is 11.4 Å². The molecule has 1 aromatic carbocycles. The Morgan fingerprint density at radius 1 is 1.15 bits per heavy atom. The largest absolute Gasteiger partial charge is 0.391 e. The van der Waals surface area contributed by atoms with Crippen molar-refractivity contribution < 1.29 is 14.7 Å². The van der Waals surface area contributed by atoms with Crippen LogP contribution in [0.3, 0.4) is 0 Å².